The minimum atomic E-state index is -0.518. The summed E-state index contributed by atoms with van der Waals surface area (Å²) in [6.07, 6.45) is 0. The summed E-state index contributed by atoms with van der Waals surface area (Å²) in [4.78, 5) is 15.5. The van der Waals surface area contributed by atoms with Crippen LogP contribution in [0.2, 0.25) is 5.15 Å². The van der Waals surface area contributed by atoms with Gasteiger partial charge in [0.25, 0.3) is 5.19 Å². The van der Waals surface area contributed by atoms with Gasteiger partial charge < -0.3 is 9.47 Å². The molecule has 0 N–H and O–H groups in total. The van der Waals surface area contributed by atoms with Crippen LogP contribution in [0.25, 0.3) is 0 Å². The summed E-state index contributed by atoms with van der Waals surface area (Å²) >= 11 is 6.85. The van der Waals surface area contributed by atoms with Gasteiger partial charge in [0.2, 0.25) is 0 Å². The number of benzene rings is 1. The van der Waals surface area contributed by atoms with Crippen molar-refractivity contribution < 1.29 is 14.3 Å². The minimum absolute atomic E-state index is 0.0905. The average molecular weight is 270 g/mol. The Morgan fingerprint density at radius 1 is 1.35 bits per heavy atom. The van der Waals surface area contributed by atoms with Crippen molar-refractivity contribution in [3.05, 3.63) is 40.4 Å². The fourth-order valence-corrected chi connectivity index (χ4v) is 2.20. The Hall–Kier alpha value is -1.59. The van der Waals surface area contributed by atoms with E-state index in [9.17, 15) is 4.79 Å². The van der Waals surface area contributed by atoms with Crippen LogP contribution in [0.3, 0.4) is 0 Å². The Kier molecular flexibility index (Phi) is 3.61. The van der Waals surface area contributed by atoms with Crippen molar-refractivity contribution >= 4 is 28.9 Å². The van der Waals surface area contributed by atoms with Crippen LogP contribution in [0, 0.1) is 0 Å². The highest BCUT2D eigenvalue weighted by atomic mass is 35.5. The summed E-state index contributed by atoms with van der Waals surface area (Å²) < 4.78 is 10.0. The zero-order chi connectivity index (χ0) is 12.3. The molecule has 2 aromatic rings. The van der Waals surface area contributed by atoms with Crippen molar-refractivity contribution in [1.82, 2.24) is 4.98 Å². The predicted octanol–water partition coefficient (Wildman–Crippen LogP) is 3.38. The monoisotopic (exact) mass is 269 g/mol. The third kappa shape index (κ3) is 2.75. The summed E-state index contributed by atoms with van der Waals surface area (Å²) in [5.41, 5.74) is 0. The topological polar surface area (TPSA) is 48.4 Å². The Morgan fingerprint density at radius 3 is 2.71 bits per heavy atom. The number of para-hydroxylation sites is 1. The maximum atomic E-state index is 11.3. The lowest BCUT2D eigenvalue weighted by atomic mass is 10.3. The van der Waals surface area contributed by atoms with E-state index in [-0.39, 0.29) is 10.0 Å². The SMILES string of the molecule is COC(=O)c1sc(Oc2ccccc2)nc1Cl. The Balaban J connectivity index is 2.21. The largest absolute Gasteiger partial charge is 0.465 e. The molecule has 0 saturated heterocycles. The summed E-state index contributed by atoms with van der Waals surface area (Å²) in [7, 11) is 1.29. The first-order valence-electron chi connectivity index (χ1n) is 4.68. The zero-order valence-corrected chi connectivity index (χ0v) is 10.4. The van der Waals surface area contributed by atoms with Crippen molar-refractivity contribution in [2.75, 3.05) is 7.11 Å². The molecule has 1 aromatic heterocycles. The second kappa shape index (κ2) is 5.16. The lowest BCUT2D eigenvalue weighted by molar-refractivity contribution is 0.0606. The fourth-order valence-electron chi connectivity index (χ4n) is 1.13. The molecular weight excluding hydrogens is 262 g/mol. The first-order valence-corrected chi connectivity index (χ1v) is 5.87. The van der Waals surface area contributed by atoms with Crippen LogP contribution in [-0.4, -0.2) is 18.1 Å². The summed E-state index contributed by atoms with van der Waals surface area (Å²) in [5.74, 6) is 0.116. The maximum Gasteiger partial charge on any atom is 0.351 e. The molecule has 88 valence electrons. The van der Waals surface area contributed by atoms with E-state index in [2.05, 4.69) is 9.72 Å². The first kappa shape index (κ1) is 11.9. The van der Waals surface area contributed by atoms with Gasteiger partial charge in [0.1, 0.15) is 5.75 Å². The Bertz CT molecular complexity index is 527. The minimum Gasteiger partial charge on any atom is -0.465 e. The number of carbonyl (C=O) groups is 1. The summed E-state index contributed by atoms with van der Waals surface area (Å²) in [6, 6.07) is 9.12. The molecule has 2 rings (SSSR count). The molecule has 17 heavy (non-hydrogen) atoms. The molecule has 0 bridgehead atoms. The highest BCUT2D eigenvalue weighted by Gasteiger charge is 2.18. The van der Waals surface area contributed by atoms with Crippen molar-refractivity contribution in [3.63, 3.8) is 0 Å². The summed E-state index contributed by atoms with van der Waals surface area (Å²) in [6.45, 7) is 0. The normalized spacial score (nSPS) is 10.0. The van der Waals surface area contributed by atoms with E-state index in [0.717, 1.165) is 11.3 Å². The second-order valence-corrected chi connectivity index (χ2v) is 4.33. The molecule has 6 heteroatoms. The van der Waals surface area contributed by atoms with Gasteiger partial charge in [0.15, 0.2) is 10.0 Å². The highest BCUT2D eigenvalue weighted by Crippen LogP contribution is 2.32. The van der Waals surface area contributed by atoms with Crippen LogP contribution in [0.1, 0.15) is 9.67 Å². The van der Waals surface area contributed by atoms with Gasteiger partial charge in [-0.25, -0.2) is 4.79 Å². The smallest absolute Gasteiger partial charge is 0.351 e. The first-order chi connectivity index (χ1) is 8.20. The molecule has 0 radical (unpaired) electrons. The van der Waals surface area contributed by atoms with E-state index in [1.165, 1.54) is 7.11 Å². The molecule has 0 aliphatic carbocycles. The molecule has 1 aromatic carbocycles. The molecule has 0 aliphatic heterocycles. The molecule has 0 amide bonds. The number of rotatable bonds is 3. The average Bonchev–Trinajstić information content (AvgIpc) is 2.70. The molecule has 4 nitrogen and oxygen atoms in total. The molecule has 0 saturated carbocycles. The number of esters is 1. The number of nitrogens with zero attached hydrogens (tertiary/aromatic N) is 1. The number of hydrogen-bond donors (Lipinski definition) is 0. The van der Waals surface area contributed by atoms with Gasteiger partial charge in [-0.05, 0) is 12.1 Å². The van der Waals surface area contributed by atoms with Crippen LogP contribution in [-0.2, 0) is 4.74 Å². The fraction of sp³-hybridized carbons (Fsp3) is 0.0909. The van der Waals surface area contributed by atoms with Crippen LogP contribution >= 0.6 is 22.9 Å². The Morgan fingerprint density at radius 2 is 2.06 bits per heavy atom. The van der Waals surface area contributed by atoms with Gasteiger partial charge in [-0.3, -0.25) is 0 Å². The number of methoxy groups -OCH3 is 1. The van der Waals surface area contributed by atoms with Crippen LogP contribution in [0.15, 0.2) is 30.3 Å². The number of ether oxygens (including phenoxy) is 2. The van der Waals surface area contributed by atoms with Gasteiger partial charge in [0.05, 0.1) is 7.11 Å². The molecular formula is C11H8ClNO3S. The van der Waals surface area contributed by atoms with E-state index in [4.69, 9.17) is 16.3 Å². The summed E-state index contributed by atoms with van der Waals surface area (Å²) in [5, 5.41) is 0.398. The van der Waals surface area contributed by atoms with E-state index >= 15 is 0 Å². The van der Waals surface area contributed by atoms with Crippen molar-refractivity contribution in [1.29, 1.82) is 0 Å². The third-order valence-corrected chi connectivity index (χ3v) is 3.18. The van der Waals surface area contributed by atoms with Crippen LogP contribution in [0.4, 0.5) is 0 Å². The highest BCUT2D eigenvalue weighted by molar-refractivity contribution is 7.15. The molecule has 0 unspecified atom stereocenters. The van der Waals surface area contributed by atoms with Crippen molar-refractivity contribution in [2.45, 2.75) is 0 Å². The second-order valence-electron chi connectivity index (χ2n) is 3.01. The number of aromatic nitrogens is 1. The number of halogens is 1. The number of thiazole rings is 1. The lowest BCUT2D eigenvalue weighted by Crippen LogP contribution is -1.98. The van der Waals surface area contributed by atoms with E-state index in [1.807, 2.05) is 18.2 Å². The molecule has 1 heterocycles. The van der Waals surface area contributed by atoms with Gasteiger partial charge >= 0.3 is 5.97 Å². The maximum absolute atomic E-state index is 11.3. The van der Waals surface area contributed by atoms with Crippen LogP contribution in [0.5, 0.6) is 10.9 Å². The zero-order valence-electron chi connectivity index (χ0n) is 8.84. The molecule has 0 fully saturated rings. The molecule has 0 spiro atoms. The quantitative estimate of drug-likeness (QED) is 0.802. The molecule has 0 aliphatic rings. The lowest BCUT2D eigenvalue weighted by Gasteiger charge is -1.99. The van der Waals surface area contributed by atoms with Gasteiger partial charge in [0, 0.05) is 0 Å². The van der Waals surface area contributed by atoms with Gasteiger partial charge in [-0.15, -0.1) is 0 Å². The van der Waals surface area contributed by atoms with Gasteiger partial charge in [-0.2, -0.15) is 4.98 Å². The van der Waals surface area contributed by atoms with E-state index in [1.54, 1.807) is 12.1 Å². The van der Waals surface area contributed by atoms with E-state index in [0.29, 0.717) is 10.9 Å². The number of hydrogen-bond acceptors (Lipinski definition) is 5. The van der Waals surface area contributed by atoms with Crippen molar-refractivity contribution in [3.8, 4) is 10.9 Å². The van der Waals surface area contributed by atoms with Gasteiger partial charge in [-0.1, -0.05) is 41.1 Å². The molecule has 0 atom stereocenters. The Labute approximate surface area is 107 Å². The van der Waals surface area contributed by atoms with E-state index < -0.39 is 5.97 Å². The van der Waals surface area contributed by atoms with Crippen LogP contribution < -0.4 is 4.74 Å². The third-order valence-electron chi connectivity index (χ3n) is 1.89. The number of carbonyl (C=O) groups excluding carboxylic acids is 1. The standard InChI is InChI=1S/C11H8ClNO3S/c1-15-10(14)8-9(12)13-11(17-8)16-7-5-3-2-4-6-7/h2-6H,1H3. The van der Waals surface area contributed by atoms with Crippen molar-refractivity contribution in [2.24, 2.45) is 0 Å². The predicted molar refractivity (Wildman–Crippen MR) is 65.0 cm³/mol.